The summed E-state index contributed by atoms with van der Waals surface area (Å²) >= 11 is 0. The summed E-state index contributed by atoms with van der Waals surface area (Å²) in [4.78, 5) is 9.37. The van der Waals surface area contributed by atoms with Crippen LogP contribution in [0.2, 0.25) is 0 Å². The Morgan fingerprint density at radius 2 is 1.77 bits per heavy atom. The maximum Gasteiger partial charge on any atom is 0.202 e. The lowest BCUT2D eigenvalue weighted by Crippen LogP contribution is -2.39. The van der Waals surface area contributed by atoms with Gasteiger partial charge < -0.3 is 14.9 Å². The third-order valence-corrected chi connectivity index (χ3v) is 4.40. The van der Waals surface area contributed by atoms with Crippen molar-refractivity contribution >= 4 is 11.6 Å². The van der Waals surface area contributed by atoms with Crippen molar-refractivity contribution in [2.45, 2.75) is 6.04 Å². The summed E-state index contributed by atoms with van der Waals surface area (Å²) < 4.78 is 0. The van der Waals surface area contributed by atoms with Crippen molar-refractivity contribution in [3.63, 3.8) is 0 Å². The molecule has 2 heterocycles. The average Bonchev–Trinajstić information content (AvgIpc) is 2.96. The smallest absolute Gasteiger partial charge is 0.202 e. The first kappa shape index (κ1) is 13.3. The largest absolute Gasteiger partial charge is 0.395 e. The molecular weight excluding hydrogens is 274 g/mol. The van der Waals surface area contributed by atoms with E-state index in [1.54, 1.807) is 0 Å². The number of rotatable bonds is 3. The molecule has 1 N–H and O–H groups in total. The Hall–Kier alpha value is -2.33. The highest BCUT2D eigenvalue weighted by molar-refractivity contribution is 5.88. The molecule has 0 aromatic heterocycles. The number of para-hydroxylation sites is 1. The summed E-state index contributed by atoms with van der Waals surface area (Å²) in [6, 6.07) is 19.1. The highest BCUT2D eigenvalue weighted by Gasteiger charge is 2.37. The second kappa shape index (κ2) is 5.46. The van der Waals surface area contributed by atoms with Crippen molar-refractivity contribution in [2.75, 3.05) is 26.2 Å². The van der Waals surface area contributed by atoms with Crippen molar-refractivity contribution in [1.82, 2.24) is 9.80 Å². The molecule has 4 rings (SSSR count). The zero-order valence-electron chi connectivity index (χ0n) is 12.4. The standard InChI is InChI=1S/C18H19N3O/c22-13-12-20-10-11-21-17(14-6-2-1-3-7-14)15-8-4-5-9-16(15)19-18(20)21/h1-9,17,22H,10-13H2. The molecule has 2 aliphatic rings. The summed E-state index contributed by atoms with van der Waals surface area (Å²) in [6.45, 7) is 2.65. The predicted molar refractivity (Wildman–Crippen MR) is 87.2 cm³/mol. The molecule has 112 valence electrons. The van der Waals surface area contributed by atoms with Crippen LogP contribution in [0.5, 0.6) is 0 Å². The lowest BCUT2D eigenvalue weighted by molar-refractivity contribution is 0.256. The van der Waals surface area contributed by atoms with Gasteiger partial charge in [-0.2, -0.15) is 0 Å². The Morgan fingerprint density at radius 3 is 2.59 bits per heavy atom. The van der Waals surface area contributed by atoms with Crippen LogP contribution in [0, 0.1) is 0 Å². The van der Waals surface area contributed by atoms with Crippen molar-refractivity contribution < 1.29 is 5.11 Å². The van der Waals surface area contributed by atoms with E-state index < -0.39 is 0 Å². The van der Waals surface area contributed by atoms with Gasteiger partial charge in [-0.15, -0.1) is 0 Å². The van der Waals surface area contributed by atoms with Gasteiger partial charge in [-0.05, 0) is 11.6 Å². The van der Waals surface area contributed by atoms with Crippen LogP contribution in [0.4, 0.5) is 5.69 Å². The molecular formula is C18H19N3O. The third-order valence-electron chi connectivity index (χ3n) is 4.40. The van der Waals surface area contributed by atoms with E-state index in [2.05, 4.69) is 58.3 Å². The zero-order valence-corrected chi connectivity index (χ0v) is 12.4. The molecule has 0 spiro atoms. The number of β-amino-alcohol motifs (C(OH)–C–C–N with tert-alkyl or cyclic N) is 1. The molecule has 1 atom stereocenters. The van der Waals surface area contributed by atoms with Crippen LogP contribution in [-0.4, -0.2) is 47.1 Å². The van der Waals surface area contributed by atoms with Gasteiger partial charge in [0.05, 0.1) is 18.3 Å². The fourth-order valence-electron chi connectivity index (χ4n) is 3.41. The number of nitrogens with zero attached hydrogens (tertiary/aromatic N) is 3. The van der Waals surface area contributed by atoms with E-state index in [9.17, 15) is 5.11 Å². The minimum atomic E-state index is 0.157. The molecule has 0 amide bonds. The van der Waals surface area contributed by atoms with Crippen LogP contribution >= 0.6 is 0 Å². The Morgan fingerprint density at radius 1 is 1.00 bits per heavy atom. The first-order valence-corrected chi connectivity index (χ1v) is 7.73. The Kier molecular flexibility index (Phi) is 3.31. The molecule has 0 saturated carbocycles. The fraction of sp³-hybridized carbons (Fsp3) is 0.278. The van der Waals surface area contributed by atoms with Crippen LogP contribution in [0.25, 0.3) is 0 Å². The van der Waals surface area contributed by atoms with Crippen molar-refractivity contribution in [2.24, 2.45) is 4.99 Å². The highest BCUT2D eigenvalue weighted by Crippen LogP contribution is 2.40. The Bertz CT molecular complexity index is 698. The lowest BCUT2D eigenvalue weighted by atomic mass is 9.95. The monoisotopic (exact) mass is 293 g/mol. The number of hydrogen-bond acceptors (Lipinski definition) is 4. The second-order valence-electron chi connectivity index (χ2n) is 5.69. The molecule has 1 fully saturated rings. The van der Waals surface area contributed by atoms with Gasteiger partial charge in [0.2, 0.25) is 5.96 Å². The quantitative estimate of drug-likeness (QED) is 0.944. The van der Waals surface area contributed by atoms with Crippen LogP contribution in [-0.2, 0) is 0 Å². The van der Waals surface area contributed by atoms with E-state index in [-0.39, 0.29) is 12.6 Å². The van der Waals surface area contributed by atoms with Gasteiger partial charge in [0.25, 0.3) is 0 Å². The topological polar surface area (TPSA) is 39.1 Å². The maximum atomic E-state index is 9.28. The van der Waals surface area contributed by atoms with Crippen molar-refractivity contribution in [1.29, 1.82) is 0 Å². The number of fused-ring (bicyclic) bond motifs is 2. The molecule has 22 heavy (non-hydrogen) atoms. The van der Waals surface area contributed by atoms with Crippen LogP contribution in [0.3, 0.4) is 0 Å². The van der Waals surface area contributed by atoms with E-state index >= 15 is 0 Å². The normalized spacial score (nSPS) is 19.7. The van der Waals surface area contributed by atoms with Crippen LogP contribution in [0.1, 0.15) is 17.2 Å². The lowest BCUT2D eigenvalue weighted by Gasteiger charge is -2.35. The summed E-state index contributed by atoms with van der Waals surface area (Å²) in [5, 5.41) is 9.28. The zero-order chi connectivity index (χ0) is 14.9. The predicted octanol–water partition coefficient (Wildman–Crippen LogP) is 2.39. The highest BCUT2D eigenvalue weighted by atomic mass is 16.3. The minimum Gasteiger partial charge on any atom is -0.395 e. The van der Waals surface area contributed by atoms with E-state index in [4.69, 9.17) is 4.99 Å². The van der Waals surface area contributed by atoms with Gasteiger partial charge in [0.1, 0.15) is 0 Å². The summed E-state index contributed by atoms with van der Waals surface area (Å²) in [5.41, 5.74) is 3.57. The Balaban J connectivity index is 1.83. The fourth-order valence-corrected chi connectivity index (χ4v) is 3.41. The number of guanidine groups is 1. The van der Waals surface area contributed by atoms with Crippen molar-refractivity contribution in [3.05, 3.63) is 65.7 Å². The molecule has 1 saturated heterocycles. The van der Waals surface area contributed by atoms with Crippen molar-refractivity contribution in [3.8, 4) is 0 Å². The SMILES string of the molecule is OCCN1CCN2C1=Nc1ccccc1C2c1ccccc1. The number of aliphatic imine (C=N–C) groups is 1. The molecule has 0 bridgehead atoms. The number of aliphatic hydroxyl groups excluding tert-OH is 1. The number of hydrogen-bond donors (Lipinski definition) is 1. The second-order valence-corrected chi connectivity index (χ2v) is 5.69. The average molecular weight is 293 g/mol. The minimum absolute atomic E-state index is 0.157. The first-order valence-electron chi connectivity index (χ1n) is 7.73. The first-order chi connectivity index (χ1) is 10.9. The molecule has 4 nitrogen and oxygen atoms in total. The summed E-state index contributed by atoms with van der Waals surface area (Å²) in [7, 11) is 0. The third kappa shape index (κ3) is 2.07. The summed E-state index contributed by atoms with van der Waals surface area (Å²) in [6.07, 6.45) is 0. The van der Waals surface area contributed by atoms with E-state index in [1.165, 1.54) is 11.1 Å². The summed E-state index contributed by atoms with van der Waals surface area (Å²) in [5.74, 6) is 0.988. The maximum absolute atomic E-state index is 9.28. The molecule has 2 aromatic carbocycles. The van der Waals surface area contributed by atoms with Crippen LogP contribution in [0.15, 0.2) is 59.6 Å². The molecule has 4 heteroatoms. The molecule has 2 aromatic rings. The van der Waals surface area contributed by atoms with Gasteiger partial charge in [0.15, 0.2) is 0 Å². The van der Waals surface area contributed by atoms with Gasteiger partial charge in [0, 0.05) is 25.2 Å². The van der Waals surface area contributed by atoms with E-state index in [0.717, 1.165) is 24.7 Å². The van der Waals surface area contributed by atoms with Gasteiger partial charge >= 0.3 is 0 Å². The number of aliphatic hydroxyl groups is 1. The van der Waals surface area contributed by atoms with E-state index in [0.29, 0.717) is 6.54 Å². The van der Waals surface area contributed by atoms with Gasteiger partial charge in [-0.25, -0.2) is 4.99 Å². The van der Waals surface area contributed by atoms with E-state index in [1.807, 2.05) is 6.07 Å². The molecule has 0 aliphatic carbocycles. The Labute approximate surface area is 130 Å². The molecule has 0 radical (unpaired) electrons. The van der Waals surface area contributed by atoms with Gasteiger partial charge in [-0.3, -0.25) is 0 Å². The van der Waals surface area contributed by atoms with Gasteiger partial charge in [-0.1, -0.05) is 48.5 Å². The molecule has 2 aliphatic heterocycles. The number of benzene rings is 2. The van der Waals surface area contributed by atoms with Crippen LogP contribution < -0.4 is 0 Å². The molecule has 1 unspecified atom stereocenters.